The number of nitrogens with two attached hydrogens (primary N) is 1. The Hall–Kier alpha value is -2.01. The van der Waals surface area contributed by atoms with E-state index in [9.17, 15) is 0 Å². The highest BCUT2D eigenvalue weighted by Gasteiger charge is 2.11. The number of aromatic amines is 1. The van der Waals surface area contributed by atoms with Crippen molar-refractivity contribution < 1.29 is 9.84 Å². The number of ether oxygens (including phenoxy) is 1. The molecule has 0 bridgehead atoms. The molecule has 0 unspecified atom stereocenters. The number of nitrogen functional groups attached to an aromatic ring is 1. The third-order valence-electron chi connectivity index (χ3n) is 2.41. The van der Waals surface area contributed by atoms with Crippen LogP contribution in [0.5, 0.6) is 5.75 Å². The van der Waals surface area contributed by atoms with Gasteiger partial charge in [0, 0.05) is 5.56 Å². The highest BCUT2D eigenvalue weighted by atomic mass is 16.5. The maximum absolute atomic E-state index is 9.14. The van der Waals surface area contributed by atoms with Gasteiger partial charge in [-0.15, -0.1) is 0 Å². The lowest BCUT2D eigenvalue weighted by atomic mass is 10.1. The molecule has 1 aromatic heterocycles. The molecule has 1 heterocycles. The Labute approximate surface area is 92.9 Å². The third-order valence-corrected chi connectivity index (χ3v) is 2.41. The molecule has 2 aromatic rings. The van der Waals surface area contributed by atoms with Gasteiger partial charge in [0.25, 0.3) is 0 Å². The van der Waals surface area contributed by atoms with E-state index in [-0.39, 0.29) is 6.61 Å². The molecule has 4 N–H and O–H groups in total. The Morgan fingerprint density at radius 3 is 2.62 bits per heavy atom. The van der Waals surface area contributed by atoms with Crippen LogP contribution in [0.4, 0.5) is 5.82 Å². The maximum atomic E-state index is 9.14. The number of aromatic nitrogens is 2. The lowest BCUT2D eigenvalue weighted by Gasteiger charge is -2.04. The minimum atomic E-state index is -0.119. The summed E-state index contributed by atoms with van der Waals surface area (Å²) in [4.78, 5) is 0. The highest BCUT2D eigenvalue weighted by molar-refractivity contribution is 5.76. The molecular formula is C11H13N3O2. The van der Waals surface area contributed by atoms with E-state index in [2.05, 4.69) is 10.2 Å². The fourth-order valence-electron chi connectivity index (χ4n) is 1.59. The molecule has 2 rings (SSSR count). The van der Waals surface area contributed by atoms with Crippen LogP contribution in [0.1, 0.15) is 5.69 Å². The number of anilines is 1. The third kappa shape index (κ3) is 1.72. The first kappa shape index (κ1) is 10.5. The number of hydrogen-bond acceptors (Lipinski definition) is 4. The number of nitrogens with zero attached hydrogens (tertiary/aromatic N) is 1. The molecule has 0 fully saturated rings. The summed E-state index contributed by atoms with van der Waals surface area (Å²) in [6.45, 7) is -0.119. The second-order valence-corrected chi connectivity index (χ2v) is 3.35. The Balaban J connectivity index is 2.45. The van der Waals surface area contributed by atoms with E-state index in [1.807, 2.05) is 24.3 Å². The van der Waals surface area contributed by atoms with Crippen molar-refractivity contribution in [2.45, 2.75) is 6.61 Å². The molecule has 0 spiro atoms. The van der Waals surface area contributed by atoms with Crippen molar-refractivity contribution in [3.05, 3.63) is 30.0 Å². The van der Waals surface area contributed by atoms with Crippen molar-refractivity contribution in [3.8, 4) is 16.9 Å². The van der Waals surface area contributed by atoms with Crippen molar-refractivity contribution in [1.29, 1.82) is 0 Å². The zero-order valence-corrected chi connectivity index (χ0v) is 8.90. The fraction of sp³-hybridized carbons (Fsp3) is 0.182. The quantitative estimate of drug-likeness (QED) is 0.723. The van der Waals surface area contributed by atoms with E-state index < -0.39 is 0 Å². The summed E-state index contributed by atoms with van der Waals surface area (Å²) in [7, 11) is 1.61. The molecule has 0 aliphatic carbocycles. The van der Waals surface area contributed by atoms with Gasteiger partial charge in [0.05, 0.1) is 19.4 Å². The molecule has 0 aliphatic rings. The molecule has 0 radical (unpaired) electrons. The molecule has 0 saturated heterocycles. The SMILES string of the molecule is COc1ccc(-c2c(N)n[nH]c2CO)cc1. The minimum Gasteiger partial charge on any atom is -0.497 e. The van der Waals surface area contributed by atoms with Gasteiger partial charge in [0.2, 0.25) is 0 Å². The van der Waals surface area contributed by atoms with E-state index in [1.54, 1.807) is 7.11 Å². The van der Waals surface area contributed by atoms with Crippen LogP contribution in [0.15, 0.2) is 24.3 Å². The monoisotopic (exact) mass is 219 g/mol. The van der Waals surface area contributed by atoms with Gasteiger partial charge in [-0.1, -0.05) is 12.1 Å². The van der Waals surface area contributed by atoms with Gasteiger partial charge in [-0.2, -0.15) is 5.10 Å². The number of aliphatic hydroxyl groups excluding tert-OH is 1. The van der Waals surface area contributed by atoms with E-state index in [4.69, 9.17) is 15.6 Å². The average Bonchev–Trinajstić information content (AvgIpc) is 2.70. The molecule has 5 heteroatoms. The van der Waals surface area contributed by atoms with Crippen LogP contribution >= 0.6 is 0 Å². The molecular weight excluding hydrogens is 206 g/mol. The van der Waals surface area contributed by atoms with Crippen LogP contribution in [-0.2, 0) is 6.61 Å². The van der Waals surface area contributed by atoms with E-state index in [0.29, 0.717) is 11.5 Å². The lowest BCUT2D eigenvalue weighted by Crippen LogP contribution is -1.91. The van der Waals surface area contributed by atoms with Crippen LogP contribution in [0.2, 0.25) is 0 Å². The lowest BCUT2D eigenvalue weighted by molar-refractivity contribution is 0.277. The molecule has 0 amide bonds. The first-order chi connectivity index (χ1) is 7.76. The Morgan fingerprint density at radius 1 is 1.38 bits per heavy atom. The molecule has 0 saturated carbocycles. The summed E-state index contributed by atoms with van der Waals surface area (Å²) in [6.07, 6.45) is 0. The van der Waals surface area contributed by atoms with Gasteiger partial charge >= 0.3 is 0 Å². The number of methoxy groups -OCH3 is 1. The van der Waals surface area contributed by atoms with Crippen molar-refractivity contribution >= 4 is 5.82 Å². The van der Waals surface area contributed by atoms with Crippen molar-refractivity contribution in [3.63, 3.8) is 0 Å². The Morgan fingerprint density at radius 2 is 2.06 bits per heavy atom. The maximum Gasteiger partial charge on any atom is 0.153 e. The molecule has 0 aliphatic heterocycles. The molecule has 84 valence electrons. The van der Waals surface area contributed by atoms with Gasteiger partial charge < -0.3 is 15.6 Å². The molecule has 0 atom stereocenters. The summed E-state index contributed by atoms with van der Waals surface area (Å²) < 4.78 is 5.07. The summed E-state index contributed by atoms with van der Waals surface area (Å²) >= 11 is 0. The Bertz CT molecular complexity index is 476. The van der Waals surface area contributed by atoms with Gasteiger partial charge in [0.15, 0.2) is 5.82 Å². The standard InChI is InChI=1S/C11H13N3O2/c1-16-8-4-2-7(3-5-8)10-9(6-15)13-14-11(10)12/h2-5,15H,6H2,1H3,(H3,12,13,14). The van der Waals surface area contributed by atoms with Crippen molar-refractivity contribution in [2.24, 2.45) is 0 Å². The van der Waals surface area contributed by atoms with Crippen LogP contribution < -0.4 is 10.5 Å². The van der Waals surface area contributed by atoms with Gasteiger partial charge in [-0.3, -0.25) is 5.10 Å². The minimum absolute atomic E-state index is 0.119. The smallest absolute Gasteiger partial charge is 0.153 e. The Kier molecular flexibility index (Phi) is 2.78. The number of H-pyrrole nitrogens is 1. The van der Waals surface area contributed by atoms with Gasteiger partial charge in [-0.05, 0) is 17.7 Å². The number of hydrogen-bond donors (Lipinski definition) is 3. The first-order valence-corrected chi connectivity index (χ1v) is 4.84. The normalized spacial score (nSPS) is 10.4. The van der Waals surface area contributed by atoms with E-state index in [0.717, 1.165) is 16.9 Å². The topological polar surface area (TPSA) is 84.2 Å². The largest absolute Gasteiger partial charge is 0.497 e. The highest BCUT2D eigenvalue weighted by Crippen LogP contribution is 2.29. The van der Waals surface area contributed by atoms with Crippen LogP contribution in [-0.4, -0.2) is 22.4 Å². The summed E-state index contributed by atoms with van der Waals surface area (Å²) in [6, 6.07) is 7.42. The first-order valence-electron chi connectivity index (χ1n) is 4.84. The van der Waals surface area contributed by atoms with Crippen molar-refractivity contribution in [2.75, 3.05) is 12.8 Å². The van der Waals surface area contributed by atoms with Crippen LogP contribution in [0.25, 0.3) is 11.1 Å². The van der Waals surface area contributed by atoms with E-state index in [1.165, 1.54) is 0 Å². The fourth-order valence-corrected chi connectivity index (χ4v) is 1.59. The van der Waals surface area contributed by atoms with Gasteiger partial charge in [0.1, 0.15) is 5.75 Å². The zero-order valence-electron chi connectivity index (χ0n) is 8.90. The zero-order chi connectivity index (χ0) is 11.5. The summed E-state index contributed by atoms with van der Waals surface area (Å²) in [5, 5.41) is 15.7. The summed E-state index contributed by atoms with van der Waals surface area (Å²) in [5.41, 5.74) is 7.99. The second-order valence-electron chi connectivity index (χ2n) is 3.35. The van der Waals surface area contributed by atoms with Crippen molar-refractivity contribution in [1.82, 2.24) is 10.2 Å². The number of aliphatic hydroxyl groups is 1. The predicted molar refractivity (Wildman–Crippen MR) is 60.9 cm³/mol. The summed E-state index contributed by atoms with van der Waals surface area (Å²) in [5.74, 6) is 1.16. The predicted octanol–water partition coefficient (Wildman–Crippen LogP) is 1.16. The van der Waals surface area contributed by atoms with Gasteiger partial charge in [-0.25, -0.2) is 0 Å². The second kappa shape index (κ2) is 4.24. The molecule has 1 aromatic carbocycles. The number of benzene rings is 1. The van der Waals surface area contributed by atoms with Crippen LogP contribution in [0.3, 0.4) is 0 Å². The molecule has 16 heavy (non-hydrogen) atoms. The van der Waals surface area contributed by atoms with E-state index >= 15 is 0 Å². The molecule has 5 nitrogen and oxygen atoms in total. The number of nitrogens with one attached hydrogen (secondary N) is 1. The average molecular weight is 219 g/mol. The van der Waals surface area contributed by atoms with Crippen LogP contribution in [0, 0.1) is 0 Å². The number of rotatable bonds is 3.